The number of aliphatic imine (C=N–C) groups is 1. The Morgan fingerprint density at radius 2 is 1.80 bits per heavy atom. The van der Waals surface area contributed by atoms with E-state index in [4.69, 9.17) is 0 Å². The fraction of sp³-hybridized carbons (Fsp3) is 0.118. The van der Waals surface area contributed by atoms with E-state index >= 15 is 0 Å². The third-order valence-corrected chi connectivity index (χ3v) is 3.74. The van der Waals surface area contributed by atoms with Crippen molar-refractivity contribution in [1.29, 1.82) is 0 Å². The van der Waals surface area contributed by atoms with E-state index in [-0.39, 0.29) is 17.0 Å². The molecule has 0 amide bonds. The van der Waals surface area contributed by atoms with Crippen LogP contribution in [0.25, 0.3) is 22.0 Å². The molecule has 3 heteroatoms. The molecule has 0 unspecified atom stereocenters. The molecule has 0 N–H and O–H groups in total. The average Bonchev–Trinajstić information content (AvgIpc) is 2.71. The first-order valence-corrected chi connectivity index (χ1v) is 6.58. The molecule has 0 spiro atoms. The first-order chi connectivity index (χ1) is 9.43. The molecule has 20 heavy (non-hydrogen) atoms. The summed E-state index contributed by atoms with van der Waals surface area (Å²) in [6.07, 6.45) is 4.26. The summed E-state index contributed by atoms with van der Waals surface area (Å²) >= 11 is 0. The lowest BCUT2D eigenvalue weighted by atomic mass is 10.0. The van der Waals surface area contributed by atoms with Gasteiger partial charge >= 0.3 is 0 Å². The molecule has 0 aliphatic carbocycles. The summed E-state index contributed by atoms with van der Waals surface area (Å²) in [6, 6.07) is 17.1. The fourth-order valence-corrected chi connectivity index (χ4v) is 2.87. The topological polar surface area (TPSA) is 17.3 Å². The average molecular weight is 327 g/mol. The smallest absolute Gasteiger partial charge is 0.0657 e. The van der Waals surface area contributed by atoms with E-state index < -0.39 is 0 Å². The Bertz CT molecular complexity index is 772. The minimum absolute atomic E-state index is 0. The molecule has 100 valence electrons. The third kappa shape index (κ3) is 1.98. The van der Waals surface area contributed by atoms with Gasteiger partial charge in [-0.15, -0.1) is 17.0 Å². The summed E-state index contributed by atoms with van der Waals surface area (Å²) in [5.41, 5.74) is 5.24. The molecule has 0 saturated carbocycles. The van der Waals surface area contributed by atoms with Gasteiger partial charge < -0.3 is 4.57 Å². The SMILES string of the molecule is Br.C1=NCc2cccc3c(-c4ccccc4)cn(c23)C1. The zero-order chi connectivity index (χ0) is 12.7. The van der Waals surface area contributed by atoms with Crippen LogP contribution in [0.2, 0.25) is 0 Å². The minimum Gasteiger partial charge on any atom is -0.341 e. The fourth-order valence-electron chi connectivity index (χ4n) is 2.87. The molecule has 2 nitrogen and oxygen atoms in total. The van der Waals surface area contributed by atoms with Gasteiger partial charge in [0.1, 0.15) is 0 Å². The molecular formula is C17H15BrN2. The van der Waals surface area contributed by atoms with Gasteiger partial charge in [-0.1, -0.05) is 48.5 Å². The normalized spacial score (nSPS) is 13.0. The van der Waals surface area contributed by atoms with E-state index in [1.165, 1.54) is 27.6 Å². The molecule has 3 aromatic rings. The van der Waals surface area contributed by atoms with Crippen LogP contribution in [0, 0.1) is 0 Å². The second-order valence-electron chi connectivity index (χ2n) is 4.90. The van der Waals surface area contributed by atoms with Crippen molar-refractivity contribution < 1.29 is 0 Å². The summed E-state index contributed by atoms with van der Waals surface area (Å²) in [7, 11) is 0. The predicted molar refractivity (Wildman–Crippen MR) is 89.9 cm³/mol. The van der Waals surface area contributed by atoms with Crippen molar-refractivity contribution in [1.82, 2.24) is 4.57 Å². The molecule has 1 aromatic heterocycles. The summed E-state index contributed by atoms with van der Waals surface area (Å²) in [6.45, 7) is 1.65. The minimum atomic E-state index is 0. The van der Waals surface area contributed by atoms with Crippen LogP contribution in [-0.4, -0.2) is 10.8 Å². The van der Waals surface area contributed by atoms with E-state index in [1.807, 2.05) is 6.21 Å². The van der Waals surface area contributed by atoms with Crippen LogP contribution in [0.4, 0.5) is 0 Å². The molecule has 1 aliphatic rings. The van der Waals surface area contributed by atoms with Gasteiger partial charge in [0.15, 0.2) is 0 Å². The number of hydrogen-bond donors (Lipinski definition) is 0. The molecule has 4 rings (SSSR count). The molecule has 0 saturated heterocycles. The van der Waals surface area contributed by atoms with Crippen molar-refractivity contribution in [2.24, 2.45) is 4.99 Å². The molecule has 0 fully saturated rings. The molecular weight excluding hydrogens is 312 g/mol. The van der Waals surface area contributed by atoms with E-state index in [2.05, 4.69) is 64.3 Å². The highest BCUT2D eigenvalue weighted by Crippen LogP contribution is 2.33. The number of hydrogen-bond acceptors (Lipinski definition) is 1. The number of rotatable bonds is 1. The van der Waals surface area contributed by atoms with Crippen LogP contribution in [0.5, 0.6) is 0 Å². The molecule has 0 bridgehead atoms. The van der Waals surface area contributed by atoms with Crippen molar-refractivity contribution in [3.8, 4) is 11.1 Å². The van der Waals surface area contributed by atoms with Crippen molar-refractivity contribution >= 4 is 34.1 Å². The first-order valence-electron chi connectivity index (χ1n) is 6.58. The maximum atomic E-state index is 4.44. The van der Waals surface area contributed by atoms with Gasteiger partial charge in [0.05, 0.1) is 18.6 Å². The van der Waals surface area contributed by atoms with Crippen LogP contribution in [0.15, 0.2) is 59.7 Å². The molecule has 0 atom stereocenters. The summed E-state index contributed by atoms with van der Waals surface area (Å²) in [5.74, 6) is 0. The lowest BCUT2D eigenvalue weighted by Crippen LogP contribution is -1.95. The van der Waals surface area contributed by atoms with E-state index in [1.54, 1.807) is 0 Å². The van der Waals surface area contributed by atoms with Gasteiger partial charge in [0.25, 0.3) is 0 Å². The zero-order valence-electron chi connectivity index (χ0n) is 11.0. The lowest BCUT2D eigenvalue weighted by Gasteiger charge is -2.02. The Labute approximate surface area is 128 Å². The number of benzene rings is 2. The second kappa shape index (κ2) is 5.25. The van der Waals surface area contributed by atoms with Crippen molar-refractivity contribution in [2.45, 2.75) is 13.1 Å². The van der Waals surface area contributed by atoms with E-state index in [0.717, 1.165) is 13.1 Å². The van der Waals surface area contributed by atoms with Gasteiger partial charge in [-0.3, -0.25) is 4.99 Å². The highest BCUT2D eigenvalue weighted by Gasteiger charge is 2.13. The second-order valence-corrected chi connectivity index (χ2v) is 4.90. The summed E-state index contributed by atoms with van der Waals surface area (Å²) < 4.78 is 2.31. The Morgan fingerprint density at radius 1 is 0.950 bits per heavy atom. The third-order valence-electron chi connectivity index (χ3n) is 3.74. The Hall–Kier alpha value is -1.87. The van der Waals surface area contributed by atoms with Crippen LogP contribution >= 0.6 is 17.0 Å². The number of nitrogens with zero attached hydrogens (tertiary/aromatic N) is 2. The molecule has 1 aliphatic heterocycles. The molecule has 2 heterocycles. The maximum absolute atomic E-state index is 4.44. The van der Waals surface area contributed by atoms with Gasteiger partial charge in [0, 0.05) is 23.4 Å². The largest absolute Gasteiger partial charge is 0.341 e. The van der Waals surface area contributed by atoms with Crippen LogP contribution in [0.3, 0.4) is 0 Å². The summed E-state index contributed by atoms with van der Waals surface area (Å²) in [4.78, 5) is 4.44. The first kappa shape index (κ1) is 13.1. The van der Waals surface area contributed by atoms with Crippen LogP contribution in [-0.2, 0) is 13.1 Å². The predicted octanol–water partition coefficient (Wildman–Crippen LogP) is 4.47. The van der Waals surface area contributed by atoms with Crippen molar-refractivity contribution in [3.63, 3.8) is 0 Å². The Morgan fingerprint density at radius 3 is 2.65 bits per heavy atom. The van der Waals surface area contributed by atoms with E-state index in [9.17, 15) is 0 Å². The summed E-state index contributed by atoms with van der Waals surface area (Å²) in [5, 5.41) is 1.33. The zero-order valence-corrected chi connectivity index (χ0v) is 12.7. The number of halogens is 1. The Balaban J connectivity index is 0.00000121. The highest BCUT2D eigenvalue weighted by molar-refractivity contribution is 8.93. The monoisotopic (exact) mass is 326 g/mol. The quantitative estimate of drug-likeness (QED) is 0.627. The molecule has 0 radical (unpaired) electrons. The van der Waals surface area contributed by atoms with Crippen molar-refractivity contribution in [3.05, 3.63) is 60.3 Å². The van der Waals surface area contributed by atoms with Gasteiger partial charge in [-0.05, 0) is 11.1 Å². The highest BCUT2D eigenvalue weighted by atomic mass is 79.9. The standard InChI is InChI=1S/C17H14N2.BrH/c1-2-5-13(6-3-1)16-12-19-10-9-18-11-14-7-4-8-15(16)17(14)19;/h1-9,12H,10-11H2;1H. The van der Waals surface area contributed by atoms with Gasteiger partial charge in [0.2, 0.25) is 0 Å². The number of para-hydroxylation sites is 1. The van der Waals surface area contributed by atoms with Crippen LogP contribution in [0.1, 0.15) is 5.56 Å². The lowest BCUT2D eigenvalue weighted by molar-refractivity contribution is 0.915. The van der Waals surface area contributed by atoms with Crippen LogP contribution < -0.4 is 0 Å². The molecule has 2 aromatic carbocycles. The van der Waals surface area contributed by atoms with Gasteiger partial charge in [-0.25, -0.2) is 0 Å². The van der Waals surface area contributed by atoms with Crippen molar-refractivity contribution in [2.75, 3.05) is 0 Å². The van der Waals surface area contributed by atoms with Gasteiger partial charge in [-0.2, -0.15) is 0 Å². The Kier molecular flexibility index (Phi) is 3.45. The maximum Gasteiger partial charge on any atom is 0.0657 e. The van der Waals surface area contributed by atoms with E-state index in [0.29, 0.717) is 0 Å². The number of aromatic nitrogens is 1.